The average molecular weight is 200 g/mol. The molecule has 0 radical (unpaired) electrons. The van der Waals surface area contributed by atoms with Crippen molar-refractivity contribution in [3.63, 3.8) is 0 Å². The summed E-state index contributed by atoms with van der Waals surface area (Å²) in [6, 6.07) is 0. The van der Waals surface area contributed by atoms with Crippen LogP contribution in [0.5, 0.6) is 0 Å². The fourth-order valence-electron chi connectivity index (χ4n) is 1.56. The first-order valence-electron chi connectivity index (χ1n) is 6.13. The summed E-state index contributed by atoms with van der Waals surface area (Å²) in [4.78, 5) is 2.52. The molecule has 0 fully saturated rings. The van der Waals surface area contributed by atoms with E-state index in [9.17, 15) is 0 Å². The highest BCUT2D eigenvalue weighted by Gasteiger charge is 1.99. The van der Waals surface area contributed by atoms with Crippen LogP contribution in [0.25, 0.3) is 0 Å². The highest BCUT2D eigenvalue weighted by molar-refractivity contribution is 4.57. The first-order valence-corrected chi connectivity index (χ1v) is 6.13. The molecule has 0 aromatic rings. The number of rotatable bonds is 9. The summed E-state index contributed by atoms with van der Waals surface area (Å²) < 4.78 is 0. The van der Waals surface area contributed by atoms with E-state index in [-0.39, 0.29) is 0 Å². The molecule has 0 unspecified atom stereocenters. The Labute approximate surface area is 90.1 Å². The zero-order chi connectivity index (χ0) is 10.8. The summed E-state index contributed by atoms with van der Waals surface area (Å²) in [5.41, 5.74) is 0. The molecule has 0 aromatic heterocycles. The zero-order valence-corrected chi connectivity index (χ0v) is 10.5. The van der Waals surface area contributed by atoms with Crippen molar-refractivity contribution < 1.29 is 0 Å². The Bertz CT molecular complexity index is 113. The molecular weight excluding hydrogens is 172 g/mol. The molecule has 0 bridgehead atoms. The van der Waals surface area contributed by atoms with Crippen molar-refractivity contribution in [3.8, 4) is 0 Å². The molecule has 1 N–H and O–H groups in total. The molecule has 0 heterocycles. The molecule has 0 rings (SSSR count). The largest absolute Gasteiger partial charge is 0.316 e. The third-order valence-corrected chi connectivity index (χ3v) is 2.37. The van der Waals surface area contributed by atoms with E-state index in [0.717, 1.165) is 12.5 Å². The Hall–Kier alpha value is -0.0800. The second-order valence-electron chi connectivity index (χ2n) is 4.39. The van der Waals surface area contributed by atoms with Gasteiger partial charge in [-0.15, -0.1) is 0 Å². The molecule has 0 saturated carbocycles. The van der Waals surface area contributed by atoms with Crippen LogP contribution in [0.4, 0.5) is 0 Å². The molecule has 14 heavy (non-hydrogen) atoms. The molecule has 2 nitrogen and oxygen atoms in total. The van der Waals surface area contributed by atoms with Gasteiger partial charge in [-0.25, -0.2) is 0 Å². The van der Waals surface area contributed by atoms with Crippen molar-refractivity contribution in [1.29, 1.82) is 0 Å². The molecule has 0 atom stereocenters. The highest BCUT2D eigenvalue weighted by Crippen LogP contribution is 1.93. The normalized spacial score (nSPS) is 11.6. The van der Waals surface area contributed by atoms with Gasteiger partial charge in [0.25, 0.3) is 0 Å². The standard InChI is InChI=1S/C12H28N2/c1-5-9-14(6-2)10-7-8-13-11-12(3)4/h12-13H,5-11H2,1-4H3. The van der Waals surface area contributed by atoms with E-state index in [1.807, 2.05) is 0 Å². The van der Waals surface area contributed by atoms with E-state index in [0.29, 0.717) is 0 Å². The van der Waals surface area contributed by atoms with Crippen LogP contribution in [0.15, 0.2) is 0 Å². The maximum absolute atomic E-state index is 3.48. The summed E-state index contributed by atoms with van der Waals surface area (Å²) in [6.45, 7) is 15.0. The van der Waals surface area contributed by atoms with Gasteiger partial charge in [-0.05, 0) is 51.5 Å². The summed E-state index contributed by atoms with van der Waals surface area (Å²) in [5.74, 6) is 0.771. The zero-order valence-electron chi connectivity index (χ0n) is 10.5. The van der Waals surface area contributed by atoms with E-state index in [1.54, 1.807) is 0 Å². The lowest BCUT2D eigenvalue weighted by atomic mass is 10.2. The molecule has 86 valence electrons. The van der Waals surface area contributed by atoms with Gasteiger partial charge in [0, 0.05) is 0 Å². The van der Waals surface area contributed by atoms with Gasteiger partial charge >= 0.3 is 0 Å². The van der Waals surface area contributed by atoms with Crippen LogP contribution < -0.4 is 5.32 Å². The molecule has 0 aliphatic rings. The van der Waals surface area contributed by atoms with Crippen molar-refractivity contribution >= 4 is 0 Å². The predicted molar refractivity (Wildman–Crippen MR) is 64.7 cm³/mol. The molecule has 2 heteroatoms. The van der Waals surface area contributed by atoms with E-state index in [1.165, 1.54) is 39.0 Å². The highest BCUT2D eigenvalue weighted by atomic mass is 15.1. The van der Waals surface area contributed by atoms with Crippen molar-refractivity contribution in [1.82, 2.24) is 10.2 Å². The van der Waals surface area contributed by atoms with Crippen LogP contribution in [0, 0.1) is 5.92 Å². The second kappa shape index (κ2) is 9.47. The summed E-state index contributed by atoms with van der Waals surface area (Å²) >= 11 is 0. The van der Waals surface area contributed by atoms with Crippen LogP contribution in [-0.4, -0.2) is 37.6 Å². The summed E-state index contributed by atoms with van der Waals surface area (Å²) in [7, 11) is 0. The van der Waals surface area contributed by atoms with E-state index < -0.39 is 0 Å². The second-order valence-corrected chi connectivity index (χ2v) is 4.39. The van der Waals surface area contributed by atoms with Crippen LogP contribution in [0.2, 0.25) is 0 Å². The third kappa shape index (κ3) is 8.52. The lowest BCUT2D eigenvalue weighted by molar-refractivity contribution is 0.283. The molecule has 0 aliphatic heterocycles. The lowest BCUT2D eigenvalue weighted by Gasteiger charge is -2.19. The topological polar surface area (TPSA) is 15.3 Å². The van der Waals surface area contributed by atoms with Gasteiger partial charge in [-0.3, -0.25) is 0 Å². The minimum absolute atomic E-state index is 0.771. The molecule has 0 spiro atoms. The fraction of sp³-hybridized carbons (Fsp3) is 1.00. The molecular formula is C12H28N2. The monoisotopic (exact) mass is 200 g/mol. The van der Waals surface area contributed by atoms with Crippen LogP contribution in [0.3, 0.4) is 0 Å². The Kier molecular flexibility index (Phi) is 9.42. The Balaban J connectivity index is 3.24. The smallest absolute Gasteiger partial charge is 0.000676 e. The van der Waals surface area contributed by atoms with Crippen molar-refractivity contribution in [2.45, 2.75) is 40.5 Å². The van der Waals surface area contributed by atoms with Gasteiger partial charge in [0.15, 0.2) is 0 Å². The Morgan fingerprint density at radius 3 is 2.36 bits per heavy atom. The Morgan fingerprint density at radius 1 is 1.14 bits per heavy atom. The summed E-state index contributed by atoms with van der Waals surface area (Å²) in [5, 5.41) is 3.48. The minimum atomic E-state index is 0.771. The third-order valence-electron chi connectivity index (χ3n) is 2.37. The number of nitrogens with zero attached hydrogens (tertiary/aromatic N) is 1. The van der Waals surface area contributed by atoms with E-state index in [2.05, 4.69) is 37.9 Å². The van der Waals surface area contributed by atoms with Crippen molar-refractivity contribution in [3.05, 3.63) is 0 Å². The van der Waals surface area contributed by atoms with Crippen LogP contribution in [0.1, 0.15) is 40.5 Å². The van der Waals surface area contributed by atoms with Gasteiger partial charge in [-0.1, -0.05) is 27.7 Å². The number of nitrogens with one attached hydrogen (secondary N) is 1. The van der Waals surface area contributed by atoms with Gasteiger partial charge in [0.2, 0.25) is 0 Å². The SMILES string of the molecule is CCCN(CC)CCCNCC(C)C. The van der Waals surface area contributed by atoms with Crippen molar-refractivity contribution in [2.24, 2.45) is 5.92 Å². The minimum Gasteiger partial charge on any atom is -0.316 e. The van der Waals surface area contributed by atoms with Crippen LogP contribution in [-0.2, 0) is 0 Å². The maximum Gasteiger partial charge on any atom is -0.000676 e. The van der Waals surface area contributed by atoms with Gasteiger partial charge < -0.3 is 10.2 Å². The first-order chi connectivity index (χ1) is 6.70. The average Bonchev–Trinajstić information content (AvgIpc) is 2.15. The van der Waals surface area contributed by atoms with Crippen LogP contribution >= 0.6 is 0 Å². The van der Waals surface area contributed by atoms with Gasteiger partial charge in [0.05, 0.1) is 0 Å². The fourth-order valence-corrected chi connectivity index (χ4v) is 1.56. The van der Waals surface area contributed by atoms with Gasteiger partial charge in [-0.2, -0.15) is 0 Å². The molecule has 0 aromatic carbocycles. The predicted octanol–water partition coefficient (Wildman–Crippen LogP) is 2.35. The molecule has 0 aliphatic carbocycles. The van der Waals surface area contributed by atoms with Crippen molar-refractivity contribution in [2.75, 3.05) is 32.7 Å². The number of hydrogen-bond donors (Lipinski definition) is 1. The maximum atomic E-state index is 3.48. The van der Waals surface area contributed by atoms with Gasteiger partial charge in [0.1, 0.15) is 0 Å². The molecule has 0 saturated heterocycles. The molecule has 0 amide bonds. The van der Waals surface area contributed by atoms with E-state index in [4.69, 9.17) is 0 Å². The van der Waals surface area contributed by atoms with E-state index >= 15 is 0 Å². The Morgan fingerprint density at radius 2 is 1.86 bits per heavy atom. The summed E-state index contributed by atoms with van der Waals surface area (Å²) in [6.07, 6.45) is 2.55. The lowest BCUT2D eigenvalue weighted by Crippen LogP contribution is -2.29. The first kappa shape index (κ1) is 13.9. The quantitative estimate of drug-likeness (QED) is 0.575. The number of hydrogen-bond acceptors (Lipinski definition) is 2.